The minimum absolute atomic E-state index is 0.00176. The zero-order valence-electron chi connectivity index (χ0n) is 11.0. The van der Waals surface area contributed by atoms with E-state index in [-0.39, 0.29) is 12.0 Å². The Morgan fingerprint density at radius 3 is 2.89 bits per heavy atom. The lowest BCUT2D eigenvalue weighted by molar-refractivity contribution is 0.0960. The molecule has 4 heteroatoms. The van der Waals surface area contributed by atoms with Crippen molar-refractivity contribution in [2.75, 3.05) is 11.4 Å². The van der Waals surface area contributed by atoms with Gasteiger partial charge in [-0.15, -0.1) is 0 Å². The molecule has 1 aliphatic heterocycles. The molecular weight excluding hydrogens is 240 g/mol. The lowest BCUT2D eigenvalue weighted by atomic mass is 10.1. The molecule has 1 unspecified atom stereocenters. The van der Waals surface area contributed by atoms with Crippen molar-refractivity contribution in [3.8, 4) is 5.75 Å². The maximum Gasteiger partial charge on any atom is 0.260 e. The van der Waals surface area contributed by atoms with E-state index in [0.717, 1.165) is 17.1 Å². The Labute approximate surface area is 112 Å². The number of carbonyl (C=O) groups is 1. The largest absolute Gasteiger partial charge is 0.487 e. The van der Waals surface area contributed by atoms with Gasteiger partial charge in [0, 0.05) is 11.9 Å². The van der Waals surface area contributed by atoms with Gasteiger partial charge in [-0.1, -0.05) is 12.1 Å². The molecule has 0 fully saturated rings. The molecule has 1 N–H and O–H groups in total. The van der Waals surface area contributed by atoms with Crippen LogP contribution in [0.2, 0.25) is 0 Å². The summed E-state index contributed by atoms with van der Waals surface area (Å²) < 4.78 is 5.76. The van der Waals surface area contributed by atoms with E-state index in [2.05, 4.69) is 4.98 Å². The molecule has 0 spiro atoms. The topological polar surface area (TPSA) is 45.3 Å². The first-order valence-corrected chi connectivity index (χ1v) is 6.38. The Morgan fingerprint density at radius 2 is 2.16 bits per heavy atom. The summed E-state index contributed by atoms with van der Waals surface area (Å²) >= 11 is 0. The van der Waals surface area contributed by atoms with Crippen LogP contribution < -0.4 is 9.64 Å². The van der Waals surface area contributed by atoms with Crippen LogP contribution in [0.5, 0.6) is 5.75 Å². The number of fused-ring (bicyclic) bond motifs is 1. The first-order valence-electron chi connectivity index (χ1n) is 6.38. The third kappa shape index (κ3) is 1.99. The Morgan fingerprint density at radius 1 is 1.37 bits per heavy atom. The van der Waals surface area contributed by atoms with Gasteiger partial charge in [-0.2, -0.15) is 0 Å². The third-order valence-corrected chi connectivity index (χ3v) is 3.35. The van der Waals surface area contributed by atoms with Crippen LogP contribution in [0.25, 0.3) is 0 Å². The summed E-state index contributed by atoms with van der Waals surface area (Å²) in [5.41, 5.74) is 2.44. The minimum Gasteiger partial charge on any atom is -0.487 e. The average Bonchev–Trinajstić information content (AvgIpc) is 2.83. The lowest BCUT2D eigenvalue weighted by Gasteiger charge is -2.33. The van der Waals surface area contributed by atoms with Gasteiger partial charge in [0.15, 0.2) is 0 Å². The van der Waals surface area contributed by atoms with Gasteiger partial charge in [-0.25, -0.2) is 0 Å². The Hall–Kier alpha value is -2.23. The number of aromatic nitrogens is 1. The molecular formula is C15H16N2O2. The van der Waals surface area contributed by atoms with Crippen molar-refractivity contribution in [3.63, 3.8) is 0 Å². The van der Waals surface area contributed by atoms with Gasteiger partial charge < -0.3 is 14.6 Å². The minimum atomic E-state index is -0.00176. The highest BCUT2D eigenvalue weighted by Gasteiger charge is 2.28. The number of hydrogen-bond acceptors (Lipinski definition) is 2. The first-order chi connectivity index (χ1) is 9.16. The Kier molecular flexibility index (Phi) is 2.78. The van der Waals surface area contributed by atoms with E-state index < -0.39 is 0 Å². The molecule has 2 heterocycles. The number of nitrogens with one attached hydrogen (secondary N) is 1. The standard InChI is InChI=1S/C15H16N2O2/c1-10-9-17(13-5-3-4-6-14(13)19-10)15(18)12-7-8-16-11(12)2/h3-8,10,16H,9H2,1-2H3. The van der Waals surface area contributed by atoms with Gasteiger partial charge in [0.05, 0.1) is 17.8 Å². The van der Waals surface area contributed by atoms with Gasteiger partial charge in [0.25, 0.3) is 5.91 Å². The van der Waals surface area contributed by atoms with E-state index in [1.54, 1.807) is 11.1 Å². The fraction of sp³-hybridized carbons (Fsp3) is 0.267. The van der Waals surface area contributed by atoms with Crippen molar-refractivity contribution in [2.24, 2.45) is 0 Å². The Balaban J connectivity index is 2.02. The highest BCUT2D eigenvalue weighted by atomic mass is 16.5. The van der Waals surface area contributed by atoms with E-state index in [1.807, 2.05) is 44.2 Å². The summed E-state index contributed by atoms with van der Waals surface area (Å²) in [5.74, 6) is 0.782. The molecule has 0 radical (unpaired) electrons. The van der Waals surface area contributed by atoms with Gasteiger partial charge >= 0.3 is 0 Å². The molecule has 98 valence electrons. The monoisotopic (exact) mass is 256 g/mol. The smallest absolute Gasteiger partial charge is 0.260 e. The molecule has 1 atom stereocenters. The van der Waals surface area contributed by atoms with Crippen molar-refractivity contribution in [1.82, 2.24) is 4.98 Å². The zero-order valence-corrected chi connectivity index (χ0v) is 11.0. The second-order valence-electron chi connectivity index (χ2n) is 4.83. The fourth-order valence-corrected chi connectivity index (χ4v) is 2.41. The van der Waals surface area contributed by atoms with E-state index >= 15 is 0 Å². The van der Waals surface area contributed by atoms with Crippen LogP contribution in [-0.4, -0.2) is 23.5 Å². The van der Waals surface area contributed by atoms with Crippen molar-refractivity contribution < 1.29 is 9.53 Å². The molecule has 1 aromatic heterocycles. The number of amides is 1. The van der Waals surface area contributed by atoms with Gasteiger partial charge in [-0.3, -0.25) is 4.79 Å². The number of H-pyrrole nitrogens is 1. The van der Waals surface area contributed by atoms with Crippen LogP contribution in [0, 0.1) is 6.92 Å². The summed E-state index contributed by atoms with van der Waals surface area (Å²) in [5, 5.41) is 0. The highest BCUT2D eigenvalue weighted by molar-refractivity contribution is 6.07. The predicted octanol–water partition coefficient (Wildman–Crippen LogP) is 2.75. The van der Waals surface area contributed by atoms with Crippen LogP contribution in [0.1, 0.15) is 23.0 Å². The molecule has 19 heavy (non-hydrogen) atoms. The Bertz CT molecular complexity index is 618. The van der Waals surface area contributed by atoms with Gasteiger partial charge in [0.2, 0.25) is 0 Å². The summed E-state index contributed by atoms with van der Waals surface area (Å²) in [4.78, 5) is 17.5. The molecule has 0 aliphatic carbocycles. The maximum atomic E-state index is 12.6. The van der Waals surface area contributed by atoms with Gasteiger partial charge in [-0.05, 0) is 32.0 Å². The van der Waals surface area contributed by atoms with Crippen LogP contribution in [0.4, 0.5) is 5.69 Å². The molecule has 1 amide bonds. The van der Waals surface area contributed by atoms with Crippen LogP contribution >= 0.6 is 0 Å². The summed E-state index contributed by atoms with van der Waals surface area (Å²) in [6, 6.07) is 9.47. The zero-order chi connectivity index (χ0) is 13.4. The molecule has 1 aromatic carbocycles. The van der Waals surface area contributed by atoms with E-state index in [9.17, 15) is 4.79 Å². The second-order valence-corrected chi connectivity index (χ2v) is 4.83. The second kappa shape index (κ2) is 4.46. The molecule has 1 aliphatic rings. The predicted molar refractivity (Wildman–Crippen MR) is 73.7 cm³/mol. The van der Waals surface area contributed by atoms with E-state index in [0.29, 0.717) is 12.1 Å². The summed E-state index contributed by atoms with van der Waals surface area (Å²) in [6.45, 7) is 4.45. The van der Waals surface area contributed by atoms with E-state index in [4.69, 9.17) is 4.74 Å². The van der Waals surface area contributed by atoms with Crippen molar-refractivity contribution >= 4 is 11.6 Å². The lowest BCUT2D eigenvalue weighted by Crippen LogP contribution is -2.42. The summed E-state index contributed by atoms with van der Waals surface area (Å²) in [7, 11) is 0. The SMILES string of the molecule is Cc1[nH]ccc1C(=O)N1CC(C)Oc2ccccc21. The highest BCUT2D eigenvalue weighted by Crippen LogP contribution is 2.34. The summed E-state index contributed by atoms with van der Waals surface area (Å²) in [6.07, 6.45) is 1.79. The number of anilines is 1. The number of aryl methyl sites for hydroxylation is 1. The van der Waals surface area contributed by atoms with E-state index in [1.165, 1.54) is 0 Å². The molecule has 3 rings (SSSR count). The van der Waals surface area contributed by atoms with Gasteiger partial charge in [0.1, 0.15) is 11.9 Å². The molecule has 0 bridgehead atoms. The number of para-hydroxylation sites is 2. The number of aromatic amines is 1. The number of hydrogen-bond donors (Lipinski definition) is 1. The molecule has 2 aromatic rings. The van der Waals surface area contributed by atoms with Crippen LogP contribution in [0.3, 0.4) is 0 Å². The van der Waals surface area contributed by atoms with Crippen molar-refractivity contribution in [1.29, 1.82) is 0 Å². The van der Waals surface area contributed by atoms with Crippen molar-refractivity contribution in [2.45, 2.75) is 20.0 Å². The molecule has 0 saturated heterocycles. The normalized spacial score (nSPS) is 17.8. The number of nitrogens with zero attached hydrogens (tertiary/aromatic N) is 1. The number of carbonyl (C=O) groups excluding carboxylic acids is 1. The fourth-order valence-electron chi connectivity index (χ4n) is 2.41. The quantitative estimate of drug-likeness (QED) is 0.852. The number of ether oxygens (including phenoxy) is 1. The average molecular weight is 256 g/mol. The number of rotatable bonds is 1. The third-order valence-electron chi connectivity index (χ3n) is 3.35. The maximum absolute atomic E-state index is 12.6. The van der Waals surface area contributed by atoms with Crippen LogP contribution in [-0.2, 0) is 0 Å². The van der Waals surface area contributed by atoms with Crippen LogP contribution in [0.15, 0.2) is 36.5 Å². The molecule has 4 nitrogen and oxygen atoms in total. The number of benzene rings is 1. The first kappa shape index (κ1) is 11.8. The molecule has 0 saturated carbocycles. The van der Waals surface area contributed by atoms with Crippen molar-refractivity contribution in [3.05, 3.63) is 47.8 Å².